The molecule has 1 N–H and O–H groups in total. The zero-order valence-corrected chi connectivity index (χ0v) is 12.7. The molecule has 0 bridgehead atoms. The van der Waals surface area contributed by atoms with Gasteiger partial charge in [0.2, 0.25) is 5.89 Å². The summed E-state index contributed by atoms with van der Waals surface area (Å²) < 4.78 is 10.6. The van der Waals surface area contributed by atoms with Gasteiger partial charge in [-0.1, -0.05) is 11.2 Å². The van der Waals surface area contributed by atoms with Crippen molar-refractivity contribution in [2.24, 2.45) is 0 Å². The Labute approximate surface area is 122 Å². The molecule has 2 rings (SSSR count). The maximum absolute atomic E-state index is 5.60. The SMILES string of the molecule is COCCNCc1nnc(N(C)CCc2cccs2)o1. The number of thiophene rings is 1. The lowest BCUT2D eigenvalue weighted by Crippen LogP contribution is -2.20. The molecule has 7 heteroatoms. The maximum Gasteiger partial charge on any atom is 0.317 e. The third-order valence-electron chi connectivity index (χ3n) is 2.82. The predicted octanol–water partition coefficient (Wildman–Crippen LogP) is 1.55. The first-order valence-electron chi connectivity index (χ1n) is 6.55. The quantitative estimate of drug-likeness (QED) is 0.708. The molecule has 2 aromatic heterocycles. The Hall–Kier alpha value is -1.44. The number of anilines is 1. The molecule has 0 radical (unpaired) electrons. The second-order valence-corrected chi connectivity index (χ2v) is 5.43. The van der Waals surface area contributed by atoms with Crippen LogP contribution in [0.15, 0.2) is 21.9 Å². The third kappa shape index (κ3) is 4.59. The van der Waals surface area contributed by atoms with Crippen LogP contribution < -0.4 is 10.2 Å². The summed E-state index contributed by atoms with van der Waals surface area (Å²) in [7, 11) is 3.64. The Kier molecular flexibility index (Phi) is 5.97. The van der Waals surface area contributed by atoms with Crippen LogP contribution >= 0.6 is 11.3 Å². The number of nitrogens with one attached hydrogen (secondary N) is 1. The largest absolute Gasteiger partial charge is 0.407 e. The predicted molar refractivity (Wildman–Crippen MR) is 79.2 cm³/mol. The van der Waals surface area contributed by atoms with Crippen molar-refractivity contribution in [3.8, 4) is 0 Å². The fourth-order valence-corrected chi connectivity index (χ4v) is 2.37. The van der Waals surface area contributed by atoms with Crippen molar-refractivity contribution in [3.05, 3.63) is 28.3 Å². The second kappa shape index (κ2) is 7.98. The van der Waals surface area contributed by atoms with Crippen LogP contribution in [0, 0.1) is 0 Å². The van der Waals surface area contributed by atoms with Crippen molar-refractivity contribution in [1.82, 2.24) is 15.5 Å². The number of methoxy groups -OCH3 is 1. The summed E-state index contributed by atoms with van der Waals surface area (Å²) in [4.78, 5) is 3.34. The number of rotatable bonds is 9. The number of nitrogens with zero attached hydrogens (tertiary/aromatic N) is 3. The van der Waals surface area contributed by atoms with E-state index in [0.29, 0.717) is 25.1 Å². The maximum atomic E-state index is 5.60. The third-order valence-corrected chi connectivity index (χ3v) is 3.75. The molecule has 0 unspecified atom stereocenters. The summed E-state index contributed by atoms with van der Waals surface area (Å²) in [6.07, 6.45) is 0.984. The smallest absolute Gasteiger partial charge is 0.317 e. The number of hydrogen-bond donors (Lipinski definition) is 1. The molecule has 0 aromatic carbocycles. The first-order valence-corrected chi connectivity index (χ1v) is 7.43. The number of aromatic nitrogens is 2. The molecule has 6 nitrogen and oxygen atoms in total. The van der Waals surface area contributed by atoms with Gasteiger partial charge in [-0.05, 0) is 17.9 Å². The molecule has 0 amide bonds. The van der Waals surface area contributed by atoms with Crippen LogP contribution in [0.2, 0.25) is 0 Å². The van der Waals surface area contributed by atoms with E-state index in [-0.39, 0.29) is 0 Å². The van der Waals surface area contributed by atoms with Gasteiger partial charge in [-0.3, -0.25) is 0 Å². The van der Waals surface area contributed by atoms with Crippen LogP contribution in [0.25, 0.3) is 0 Å². The highest BCUT2D eigenvalue weighted by Gasteiger charge is 2.10. The van der Waals surface area contributed by atoms with Gasteiger partial charge in [-0.15, -0.1) is 16.4 Å². The second-order valence-electron chi connectivity index (χ2n) is 4.40. The molecule has 2 heterocycles. The standard InChI is InChI=1S/C13H20N4O2S/c1-17(7-5-11-4-3-9-20-11)13-16-15-12(19-13)10-14-6-8-18-2/h3-4,9,14H,5-8,10H2,1-2H3. The molecule has 2 aromatic rings. The van der Waals surface area contributed by atoms with Crippen molar-refractivity contribution in [2.45, 2.75) is 13.0 Å². The van der Waals surface area contributed by atoms with E-state index in [1.165, 1.54) is 4.88 Å². The van der Waals surface area contributed by atoms with Gasteiger partial charge in [-0.2, -0.15) is 0 Å². The van der Waals surface area contributed by atoms with Gasteiger partial charge in [0.25, 0.3) is 0 Å². The van der Waals surface area contributed by atoms with Crippen molar-refractivity contribution < 1.29 is 9.15 Å². The molecule has 20 heavy (non-hydrogen) atoms. The zero-order chi connectivity index (χ0) is 14.2. The lowest BCUT2D eigenvalue weighted by Gasteiger charge is -2.12. The molecule has 0 aliphatic heterocycles. The van der Waals surface area contributed by atoms with Crippen molar-refractivity contribution >= 4 is 17.4 Å². The highest BCUT2D eigenvalue weighted by Crippen LogP contribution is 2.13. The van der Waals surface area contributed by atoms with E-state index in [1.54, 1.807) is 18.4 Å². The first kappa shape index (κ1) is 15.0. The number of likely N-dealkylation sites (N-methyl/N-ethyl adjacent to an activating group) is 1. The highest BCUT2D eigenvalue weighted by molar-refractivity contribution is 7.09. The van der Waals surface area contributed by atoms with Crippen LogP contribution in [-0.4, -0.2) is 44.1 Å². The van der Waals surface area contributed by atoms with Crippen LogP contribution in [-0.2, 0) is 17.7 Å². The van der Waals surface area contributed by atoms with E-state index in [1.807, 2.05) is 11.9 Å². The fourth-order valence-electron chi connectivity index (χ4n) is 1.67. The summed E-state index contributed by atoms with van der Waals surface area (Å²) in [6.45, 7) is 2.86. The van der Waals surface area contributed by atoms with E-state index in [0.717, 1.165) is 19.5 Å². The monoisotopic (exact) mass is 296 g/mol. The molecule has 0 spiro atoms. The summed E-state index contributed by atoms with van der Waals surface area (Å²) in [6, 6.07) is 4.76. The Morgan fingerprint density at radius 3 is 3.10 bits per heavy atom. The van der Waals surface area contributed by atoms with Crippen LogP contribution in [0.3, 0.4) is 0 Å². The van der Waals surface area contributed by atoms with E-state index in [4.69, 9.17) is 9.15 Å². The van der Waals surface area contributed by atoms with Crippen molar-refractivity contribution in [1.29, 1.82) is 0 Å². The first-order chi connectivity index (χ1) is 9.79. The van der Waals surface area contributed by atoms with Crippen molar-refractivity contribution in [2.75, 3.05) is 38.8 Å². The summed E-state index contributed by atoms with van der Waals surface area (Å²) in [5, 5.41) is 13.3. The Morgan fingerprint density at radius 2 is 2.35 bits per heavy atom. The summed E-state index contributed by atoms with van der Waals surface area (Å²) >= 11 is 1.77. The minimum Gasteiger partial charge on any atom is -0.407 e. The molecular formula is C13H20N4O2S. The minimum atomic E-state index is 0.560. The van der Waals surface area contributed by atoms with E-state index in [2.05, 4.69) is 33.0 Å². The lowest BCUT2D eigenvalue weighted by molar-refractivity contribution is 0.198. The Morgan fingerprint density at radius 1 is 1.45 bits per heavy atom. The number of hydrogen-bond acceptors (Lipinski definition) is 7. The zero-order valence-electron chi connectivity index (χ0n) is 11.8. The summed E-state index contributed by atoms with van der Waals surface area (Å²) in [5.41, 5.74) is 0. The van der Waals surface area contributed by atoms with Gasteiger partial charge in [0, 0.05) is 32.1 Å². The Bertz CT molecular complexity index is 486. The van der Waals surface area contributed by atoms with Gasteiger partial charge in [0.1, 0.15) is 0 Å². The van der Waals surface area contributed by atoms with E-state index in [9.17, 15) is 0 Å². The van der Waals surface area contributed by atoms with Gasteiger partial charge in [0.05, 0.1) is 13.2 Å². The van der Waals surface area contributed by atoms with Crippen molar-refractivity contribution in [3.63, 3.8) is 0 Å². The molecule has 0 saturated carbocycles. The molecule has 0 aliphatic rings. The van der Waals surface area contributed by atoms with Crippen LogP contribution in [0.1, 0.15) is 10.8 Å². The van der Waals surface area contributed by atoms with E-state index < -0.39 is 0 Å². The highest BCUT2D eigenvalue weighted by atomic mass is 32.1. The topological polar surface area (TPSA) is 63.4 Å². The van der Waals surface area contributed by atoms with Gasteiger partial charge in [0.15, 0.2) is 0 Å². The number of ether oxygens (including phenoxy) is 1. The molecular weight excluding hydrogens is 276 g/mol. The van der Waals surface area contributed by atoms with Crippen LogP contribution in [0.4, 0.5) is 6.01 Å². The van der Waals surface area contributed by atoms with E-state index >= 15 is 0 Å². The minimum absolute atomic E-state index is 0.560. The summed E-state index contributed by atoms with van der Waals surface area (Å²) in [5.74, 6) is 0.596. The van der Waals surface area contributed by atoms with Gasteiger partial charge in [-0.25, -0.2) is 0 Å². The van der Waals surface area contributed by atoms with Gasteiger partial charge < -0.3 is 19.4 Å². The molecule has 110 valence electrons. The molecule has 0 atom stereocenters. The molecule has 0 fully saturated rings. The lowest BCUT2D eigenvalue weighted by atomic mass is 10.3. The molecule has 0 aliphatic carbocycles. The molecule has 0 saturated heterocycles. The Balaban J connectivity index is 1.75. The average Bonchev–Trinajstić information content (AvgIpc) is 3.12. The average molecular weight is 296 g/mol. The van der Waals surface area contributed by atoms with Crippen LogP contribution in [0.5, 0.6) is 0 Å². The normalized spacial score (nSPS) is 10.9. The fraction of sp³-hybridized carbons (Fsp3) is 0.538. The van der Waals surface area contributed by atoms with Gasteiger partial charge >= 0.3 is 6.01 Å².